The predicted octanol–water partition coefficient (Wildman–Crippen LogP) is 6.62. The Morgan fingerprint density at radius 3 is 2.27 bits per heavy atom. The lowest BCUT2D eigenvalue weighted by Crippen LogP contribution is -2.47. The van der Waals surface area contributed by atoms with Crippen LogP contribution in [0.2, 0.25) is 10.0 Å². The second-order valence-electron chi connectivity index (χ2n) is 8.95. The topological polar surface area (TPSA) is 85.3 Å². The first kappa shape index (κ1) is 29.4. The number of hydrogen-bond donors (Lipinski definition) is 1. The summed E-state index contributed by atoms with van der Waals surface area (Å²) in [6.45, 7) is 0.638. The number of alkyl halides is 3. The Bertz CT molecular complexity index is 1500. The van der Waals surface area contributed by atoms with Crippen molar-refractivity contribution in [2.75, 3.05) is 25.7 Å². The number of benzene rings is 3. The lowest BCUT2D eigenvalue weighted by Gasteiger charge is -2.38. The molecule has 3 aromatic rings. The molecule has 2 atom stereocenters. The maximum atomic E-state index is 15.1. The van der Waals surface area contributed by atoms with Crippen molar-refractivity contribution in [3.63, 3.8) is 0 Å². The van der Waals surface area contributed by atoms with Gasteiger partial charge in [0.25, 0.3) is 5.91 Å². The van der Waals surface area contributed by atoms with Gasteiger partial charge in [0, 0.05) is 35.7 Å². The lowest BCUT2D eigenvalue weighted by molar-refractivity contribution is -0.275. The molecule has 0 saturated carbocycles. The van der Waals surface area contributed by atoms with Crippen molar-refractivity contribution in [3.05, 3.63) is 81.1 Å². The van der Waals surface area contributed by atoms with Crippen molar-refractivity contribution in [2.45, 2.75) is 24.6 Å². The number of fused-ring (bicyclic) bond motifs is 1. The first-order chi connectivity index (χ1) is 18.7. The van der Waals surface area contributed by atoms with Crippen molar-refractivity contribution < 1.29 is 46.5 Å². The summed E-state index contributed by atoms with van der Waals surface area (Å²) in [5, 5.41) is 11.0. The zero-order chi connectivity index (χ0) is 29.6. The van der Waals surface area contributed by atoms with Crippen LogP contribution in [0.1, 0.15) is 34.3 Å². The summed E-state index contributed by atoms with van der Waals surface area (Å²) in [6, 6.07) is 9.31. The Balaban J connectivity index is 1.71. The SMILES string of the molecule is COC(=O)c1ccc(Oc2ccc(C(C)C(O)(c3cc4c(cc3F)OCC(=O)N4C)C(F)(F)F)c(Cl)c2)cc1Cl. The monoisotopic (exact) mass is 601 g/mol. The van der Waals surface area contributed by atoms with E-state index in [1.54, 1.807) is 0 Å². The number of ether oxygens (including phenoxy) is 3. The molecular formula is C27H21Cl2F4NO6. The molecule has 0 fully saturated rings. The minimum absolute atomic E-state index is 0.0424. The first-order valence-electron chi connectivity index (χ1n) is 11.6. The molecule has 4 rings (SSSR count). The molecule has 40 heavy (non-hydrogen) atoms. The smallest absolute Gasteiger partial charge is 0.422 e. The summed E-state index contributed by atoms with van der Waals surface area (Å²) in [5.74, 6) is -4.25. The van der Waals surface area contributed by atoms with Gasteiger partial charge < -0.3 is 24.2 Å². The predicted molar refractivity (Wildman–Crippen MR) is 138 cm³/mol. The van der Waals surface area contributed by atoms with Crippen molar-refractivity contribution in [1.29, 1.82) is 0 Å². The molecule has 1 N–H and O–H groups in total. The van der Waals surface area contributed by atoms with Crippen LogP contribution in [0.5, 0.6) is 17.2 Å². The van der Waals surface area contributed by atoms with Gasteiger partial charge in [-0.25, -0.2) is 9.18 Å². The Morgan fingerprint density at radius 1 is 1.07 bits per heavy atom. The van der Waals surface area contributed by atoms with Crippen LogP contribution in [0.25, 0.3) is 0 Å². The number of likely N-dealkylation sites (N-methyl/N-ethyl adjacent to an activating group) is 1. The summed E-state index contributed by atoms with van der Waals surface area (Å²) in [6.07, 6.45) is -5.36. The zero-order valence-corrected chi connectivity index (χ0v) is 22.6. The fourth-order valence-corrected chi connectivity index (χ4v) is 4.92. The van der Waals surface area contributed by atoms with Gasteiger partial charge in [0.2, 0.25) is 0 Å². The molecular weight excluding hydrogens is 581 g/mol. The summed E-state index contributed by atoms with van der Waals surface area (Å²) >= 11 is 12.4. The van der Waals surface area contributed by atoms with Crippen LogP contribution >= 0.6 is 23.2 Å². The van der Waals surface area contributed by atoms with Gasteiger partial charge >= 0.3 is 12.1 Å². The van der Waals surface area contributed by atoms with E-state index in [0.717, 1.165) is 17.9 Å². The van der Waals surface area contributed by atoms with E-state index in [9.17, 15) is 27.9 Å². The number of halogens is 6. The summed E-state index contributed by atoms with van der Waals surface area (Å²) < 4.78 is 74.1. The average molecular weight is 602 g/mol. The van der Waals surface area contributed by atoms with Gasteiger partial charge in [-0.2, -0.15) is 13.2 Å². The highest BCUT2D eigenvalue weighted by atomic mass is 35.5. The summed E-state index contributed by atoms with van der Waals surface area (Å²) in [4.78, 5) is 24.7. The fourth-order valence-electron chi connectivity index (χ4n) is 4.33. The highest BCUT2D eigenvalue weighted by Gasteiger charge is 2.60. The normalized spacial score (nSPS) is 15.6. The van der Waals surface area contributed by atoms with E-state index in [4.69, 9.17) is 32.7 Å². The fraction of sp³-hybridized carbons (Fsp3) is 0.259. The maximum absolute atomic E-state index is 15.1. The number of carbonyl (C=O) groups is 2. The highest BCUT2D eigenvalue weighted by Crippen LogP contribution is 2.52. The number of esters is 1. The Hall–Kier alpha value is -3.54. The van der Waals surface area contributed by atoms with Gasteiger partial charge in [0.1, 0.15) is 23.1 Å². The van der Waals surface area contributed by atoms with Crippen molar-refractivity contribution >= 4 is 40.8 Å². The number of nitrogens with zero attached hydrogens (tertiary/aromatic N) is 1. The van der Waals surface area contributed by atoms with E-state index in [0.29, 0.717) is 6.07 Å². The molecule has 0 radical (unpaired) electrons. The minimum Gasteiger partial charge on any atom is -0.481 e. The number of hydrogen-bond acceptors (Lipinski definition) is 6. The number of methoxy groups -OCH3 is 1. The molecule has 7 nitrogen and oxygen atoms in total. The van der Waals surface area contributed by atoms with Crippen molar-refractivity contribution in [1.82, 2.24) is 0 Å². The van der Waals surface area contributed by atoms with E-state index in [-0.39, 0.29) is 44.1 Å². The van der Waals surface area contributed by atoms with Gasteiger partial charge in [0.15, 0.2) is 12.2 Å². The molecule has 1 amide bonds. The standard InChI is InChI=1S/C27H21Cl2F4NO6/c1-13(16-6-4-14(8-19(16)28)40-15-5-7-17(20(29)9-15)25(36)38-3)26(37,27(31,32)33)18-10-22-23(11-21(18)30)39-12-24(35)34(22)2/h4-11,13,37H,12H2,1-3H3. The number of carbonyl (C=O) groups excluding carboxylic acids is 2. The van der Waals surface area contributed by atoms with Crippen LogP contribution in [0.15, 0.2) is 48.5 Å². The third kappa shape index (κ3) is 5.16. The molecule has 0 bridgehead atoms. The minimum atomic E-state index is -5.36. The number of anilines is 1. The highest BCUT2D eigenvalue weighted by molar-refractivity contribution is 6.33. The van der Waals surface area contributed by atoms with Gasteiger partial charge in [0.05, 0.1) is 23.4 Å². The van der Waals surface area contributed by atoms with E-state index in [1.165, 1.54) is 50.6 Å². The molecule has 0 aromatic heterocycles. The summed E-state index contributed by atoms with van der Waals surface area (Å²) in [5.41, 5.74) is -5.05. The van der Waals surface area contributed by atoms with Gasteiger partial charge in [-0.15, -0.1) is 0 Å². The summed E-state index contributed by atoms with van der Waals surface area (Å²) in [7, 11) is 2.49. The molecule has 1 aliphatic rings. The number of rotatable bonds is 6. The van der Waals surface area contributed by atoms with E-state index < -0.39 is 47.6 Å². The molecule has 3 aromatic carbocycles. The van der Waals surface area contributed by atoms with Crippen LogP contribution < -0.4 is 14.4 Å². The molecule has 1 aliphatic heterocycles. The maximum Gasteiger partial charge on any atom is 0.422 e. The zero-order valence-electron chi connectivity index (χ0n) is 21.1. The van der Waals surface area contributed by atoms with E-state index in [2.05, 4.69) is 4.74 Å². The van der Waals surface area contributed by atoms with Crippen LogP contribution in [0.4, 0.5) is 23.2 Å². The molecule has 0 saturated heterocycles. The van der Waals surface area contributed by atoms with Crippen LogP contribution in [-0.4, -0.2) is 43.9 Å². The largest absolute Gasteiger partial charge is 0.481 e. The lowest BCUT2D eigenvalue weighted by atomic mass is 9.77. The van der Waals surface area contributed by atoms with Crippen molar-refractivity contribution in [3.8, 4) is 17.2 Å². The van der Waals surface area contributed by atoms with Crippen LogP contribution in [0, 0.1) is 5.82 Å². The van der Waals surface area contributed by atoms with E-state index in [1.807, 2.05) is 0 Å². The molecule has 2 unspecified atom stereocenters. The van der Waals surface area contributed by atoms with E-state index >= 15 is 4.39 Å². The quantitative estimate of drug-likeness (QED) is 0.252. The van der Waals surface area contributed by atoms with Gasteiger partial charge in [-0.3, -0.25) is 4.79 Å². The molecule has 212 valence electrons. The third-order valence-corrected chi connectivity index (χ3v) is 7.26. The number of amides is 1. The third-order valence-electron chi connectivity index (χ3n) is 6.62. The second kappa shape index (κ2) is 10.8. The Labute approximate surface area is 235 Å². The molecule has 0 aliphatic carbocycles. The Kier molecular flexibility index (Phi) is 7.94. The van der Waals surface area contributed by atoms with Gasteiger partial charge in [-0.1, -0.05) is 36.2 Å². The molecule has 13 heteroatoms. The van der Waals surface area contributed by atoms with Crippen LogP contribution in [0.3, 0.4) is 0 Å². The average Bonchev–Trinajstić information content (AvgIpc) is 2.89. The van der Waals surface area contributed by atoms with Crippen LogP contribution in [-0.2, 0) is 15.1 Å². The second-order valence-corrected chi connectivity index (χ2v) is 9.76. The number of aliphatic hydroxyl groups is 1. The van der Waals surface area contributed by atoms with Gasteiger partial charge in [-0.05, 0) is 35.9 Å². The van der Waals surface area contributed by atoms with Crippen molar-refractivity contribution in [2.24, 2.45) is 0 Å². The first-order valence-corrected chi connectivity index (χ1v) is 12.3. The Morgan fingerprint density at radius 2 is 1.70 bits per heavy atom. The molecule has 0 spiro atoms. The molecule has 1 heterocycles.